The highest BCUT2D eigenvalue weighted by atomic mass is 16.5. The van der Waals surface area contributed by atoms with Gasteiger partial charge in [0, 0.05) is 25.1 Å². The molecule has 190 valence electrons. The monoisotopic (exact) mass is 493 g/mol. The molecular weight excluding hydrogens is 462 g/mol. The minimum absolute atomic E-state index is 0.113. The number of hydrogen-bond acceptors (Lipinski definition) is 8. The number of aromatic nitrogens is 4. The van der Waals surface area contributed by atoms with E-state index < -0.39 is 29.0 Å². The largest absolute Gasteiger partial charge is 0.489 e. The van der Waals surface area contributed by atoms with E-state index in [9.17, 15) is 20.0 Å². The first-order chi connectivity index (χ1) is 17.0. The summed E-state index contributed by atoms with van der Waals surface area (Å²) in [7, 11) is 2.86. The number of carbonyl (C=O) groups is 1. The number of benzene rings is 1. The predicted octanol–water partition coefficient (Wildman–Crippen LogP) is 2.74. The molecule has 1 N–H and O–H groups in total. The smallest absolute Gasteiger partial charge is 0.361 e. The van der Waals surface area contributed by atoms with Gasteiger partial charge in [0.15, 0.2) is 5.69 Å². The first-order valence-electron chi connectivity index (χ1n) is 11.6. The van der Waals surface area contributed by atoms with Crippen molar-refractivity contribution in [1.29, 1.82) is 5.26 Å². The molecule has 10 nitrogen and oxygen atoms in total. The van der Waals surface area contributed by atoms with Crippen molar-refractivity contribution in [3.63, 3.8) is 0 Å². The van der Waals surface area contributed by atoms with Gasteiger partial charge in [-0.25, -0.2) is 9.78 Å². The molecule has 36 heavy (non-hydrogen) atoms. The number of nitrogens with zero attached hydrogens (tertiary/aromatic N) is 5. The summed E-state index contributed by atoms with van der Waals surface area (Å²) in [6.07, 6.45) is 3.48. The summed E-state index contributed by atoms with van der Waals surface area (Å²) >= 11 is 0. The highest BCUT2D eigenvalue weighted by molar-refractivity contribution is 5.90. The van der Waals surface area contributed by atoms with Crippen molar-refractivity contribution in [3.8, 4) is 11.8 Å². The van der Waals surface area contributed by atoms with Crippen molar-refractivity contribution in [3.05, 3.63) is 75.2 Å². The van der Waals surface area contributed by atoms with Gasteiger partial charge >= 0.3 is 5.97 Å². The lowest BCUT2D eigenvalue weighted by atomic mass is 9.80. The van der Waals surface area contributed by atoms with Crippen LogP contribution in [0.1, 0.15) is 72.5 Å². The fourth-order valence-electron chi connectivity index (χ4n) is 4.31. The summed E-state index contributed by atoms with van der Waals surface area (Å²) in [5.74, 6) is -1.56. The number of hydrogen-bond donors (Lipinski definition) is 1. The maximum Gasteiger partial charge on any atom is 0.361 e. The molecule has 0 aliphatic heterocycles. The van der Waals surface area contributed by atoms with E-state index in [4.69, 9.17) is 9.47 Å². The standard InChI is InChI=1S/C26H31N5O5/c1-7-36-25(33)21-22(35-6)24(32)30(5)23(29-21)16(2)20(19-11-9-8-10-17(19)12-27)18-13-28-31(14-18)15-26(3,4)34/h8-11,13-14,16,20,34H,7,15H2,1-6H3. The summed E-state index contributed by atoms with van der Waals surface area (Å²) < 4.78 is 13.3. The summed E-state index contributed by atoms with van der Waals surface area (Å²) in [4.78, 5) is 30.3. The molecule has 0 fully saturated rings. The average Bonchev–Trinajstić information content (AvgIpc) is 3.27. The van der Waals surface area contributed by atoms with Gasteiger partial charge in [0.05, 0.1) is 43.7 Å². The lowest BCUT2D eigenvalue weighted by molar-refractivity contribution is 0.0513. The second-order valence-corrected chi connectivity index (χ2v) is 9.19. The highest BCUT2D eigenvalue weighted by Crippen LogP contribution is 2.39. The molecule has 0 saturated carbocycles. The lowest BCUT2D eigenvalue weighted by Gasteiger charge is -2.26. The van der Waals surface area contributed by atoms with Crippen LogP contribution in [0.2, 0.25) is 0 Å². The Bertz CT molecular complexity index is 1350. The molecule has 1 aromatic carbocycles. The third kappa shape index (κ3) is 5.47. The van der Waals surface area contributed by atoms with Crippen molar-refractivity contribution in [2.45, 2.75) is 51.7 Å². The molecule has 0 aliphatic rings. The molecule has 0 saturated heterocycles. The van der Waals surface area contributed by atoms with Gasteiger partial charge in [0.25, 0.3) is 5.56 Å². The van der Waals surface area contributed by atoms with Gasteiger partial charge in [0.1, 0.15) is 5.82 Å². The zero-order chi connectivity index (χ0) is 26.6. The Morgan fingerprint density at radius 3 is 2.61 bits per heavy atom. The minimum atomic E-state index is -0.981. The Hall–Kier alpha value is -3.97. The van der Waals surface area contributed by atoms with E-state index in [1.165, 1.54) is 11.7 Å². The first kappa shape index (κ1) is 26.6. The number of rotatable bonds is 9. The Morgan fingerprint density at radius 1 is 1.31 bits per heavy atom. The van der Waals surface area contributed by atoms with Crippen molar-refractivity contribution in [2.24, 2.45) is 7.05 Å². The molecule has 3 rings (SSSR count). The number of ether oxygens (including phenoxy) is 2. The van der Waals surface area contributed by atoms with E-state index in [1.54, 1.807) is 57.0 Å². The van der Waals surface area contributed by atoms with Gasteiger partial charge in [-0.2, -0.15) is 10.4 Å². The number of methoxy groups -OCH3 is 1. The average molecular weight is 494 g/mol. The maximum atomic E-state index is 13.1. The Labute approximate surface area is 209 Å². The van der Waals surface area contributed by atoms with Crippen LogP contribution in [0.15, 0.2) is 41.5 Å². The van der Waals surface area contributed by atoms with Crippen molar-refractivity contribution in [1.82, 2.24) is 19.3 Å². The van der Waals surface area contributed by atoms with Crippen LogP contribution in [0.4, 0.5) is 0 Å². The van der Waals surface area contributed by atoms with Crippen LogP contribution < -0.4 is 10.3 Å². The van der Waals surface area contributed by atoms with E-state index >= 15 is 0 Å². The van der Waals surface area contributed by atoms with Gasteiger partial charge in [0.2, 0.25) is 5.75 Å². The van der Waals surface area contributed by atoms with Crippen molar-refractivity contribution in [2.75, 3.05) is 13.7 Å². The Morgan fingerprint density at radius 2 is 2.00 bits per heavy atom. The quantitative estimate of drug-likeness (QED) is 0.450. The van der Waals surface area contributed by atoms with Gasteiger partial charge in [-0.3, -0.25) is 14.0 Å². The van der Waals surface area contributed by atoms with E-state index in [0.717, 1.165) is 11.1 Å². The molecule has 0 spiro atoms. The third-order valence-electron chi connectivity index (χ3n) is 5.84. The number of esters is 1. The SMILES string of the molecule is CCOC(=O)c1nc(C(C)C(c2cnn(CC(C)(C)O)c2)c2ccccc2C#N)n(C)c(=O)c1OC. The predicted molar refractivity (Wildman–Crippen MR) is 132 cm³/mol. The minimum Gasteiger partial charge on any atom is -0.489 e. The Balaban J connectivity index is 2.23. The number of aliphatic hydroxyl groups is 1. The number of nitriles is 1. The van der Waals surface area contributed by atoms with Crippen LogP contribution in [0.25, 0.3) is 0 Å². The van der Waals surface area contributed by atoms with Crippen LogP contribution in [0.5, 0.6) is 5.75 Å². The normalized spacial score (nSPS) is 13.1. The third-order valence-corrected chi connectivity index (χ3v) is 5.84. The number of carbonyl (C=O) groups excluding carboxylic acids is 1. The van der Waals surface area contributed by atoms with Crippen LogP contribution in [-0.2, 0) is 18.3 Å². The summed E-state index contributed by atoms with van der Waals surface area (Å²) in [6, 6.07) is 9.42. The maximum absolute atomic E-state index is 13.1. The van der Waals surface area contributed by atoms with Gasteiger partial charge < -0.3 is 14.6 Å². The second kappa shape index (κ2) is 10.7. The molecule has 0 amide bonds. The van der Waals surface area contributed by atoms with Gasteiger partial charge in [-0.15, -0.1) is 0 Å². The molecule has 2 unspecified atom stereocenters. The molecule has 10 heteroatoms. The highest BCUT2D eigenvalue weighted by Gasteiger charge is 2.32. The molecule has 0 aliphatic carbocycles. The lowest BCUT2D eigenvalue weighted by Crippen LogP contribution is -2.30. The summed E-state index contributed by atoms with van der Waals surface area (Å²) in [5.41, 5.74) is 0.242. The second-order valence-electron chi connectivity index (χ2n) is 9.19. The van der Waals surface area contributed by atoms with Crippen molar-refractivity contribution >= 4 is 5.97 Å². The fourth-order valence-corrected chi connectivity index (χ4v) is 4.31. The van der Waals surface area contributed by atoms with Crippen LogP contribution in [-0.4, -0.2) is 49.7 Å². The molecule has 2 atom stereocenters. The van der Waals surface area contributed by atoms with E-state index in [1.807, 2.05) is 19.1 Å². The van der Waals surface area contributed by atoms with Gasteiger partial charge in [-0.05, 0) is 38.0 Å². The van der Waals surface area contributed by atoms with E-state index in [2.05, 4.69) is 16.2 Å². The first-order valence-corrected chi connectivity index (χ1v) is 11.6. The molecular formula is C26H31N5O5. The van der Waals surface area contributed by atoms with Crippen molar-refractivity contribution < 1.29 is 19.4 Å². The molecule has 0 bridgehead atoms. The van der Waals surface area contributed by atoms with E-state index in [-0.39, 0.29) is 24.6 Å². The van der Waals surface area contributed by atoms with Crippen LogP contribution >= 0.6 is 0 Å². The summed E-state index contributed by atoms with van der Waals surface area (Å²) in [6.45, 7) is 7.29. The zero-order valence-corrected chi connectivity index (χ0v) is 21.3. The zero-order valence-electron chi connectivity index (χ0n) is 21.3. The summed E-state index contributed by atoms with van der Waals surface area (Å²) in [5, 5.41) is 24.5. The molecule has 2 aromatic heterocycles. The Kier molecular flexibility index (Phi) is 7.95. The van der Waals surface area contributed by atoms with Crippen LogP contribution in [0.3, 0.4) is 0 Å². The van der Waals surface area contributed by atoms with Crippen LogP contribution in [0, 0.1) is 11.3 Å². The molecule has 2 heterocycles. The molecule has 3 aromatic rings. The fraction of sp³-hybridized carbons (Fsp3) is 0.423. The topological polar surface area (TPSA) is 132 Å². The van der Waals surface area contributed by atoms with Gasteiger partial charge in [-0.1, -0.05) is 25.1 Å². The van der Waals surface area contributed by atoms with E-state index in [0.29, 0.717) is 11.4 Å². The molecule has 0 radical (unpaired) electrons.